The van der Waals surface area contributed by atoms with E-state index in [9.17, 15) is 0 Å². The summed E-state index contributed by atoms with van der Waals surface area (Å²) in [5, 5.41) is 9.54. The minimum absolute atomic E-state index is 0.521. The van der Waals surface area contributed by atoms with Crippen LogP contribution in [0.2, 0.25) is 0 Å². The lowest BCUT2D eigenvalue weighted by Crippen LogP contribution is -2.03. The molecule has 2 aromatic rings. The van der Waals surface area contributed by atoms with E-state index in [0.717, 1.165) is 35.5 Å². The Morgan fingerprint density at radius 2 is 2.15 bits per heavy atom. The van der Waals surface area contributed by atoms with Crippen LogP contribution in [0.5, 0.6) is 0 Å². The highest BCUT2D eigenvalue weighted by Gasteiger charge is 2.15. The summed E-state index contributed by atoms with van der Waals surface area (Å²) >= 11 is 1.63. The minimum atomic E-state index is 0.521. The van der Waals surface area contributed by atoms with Crippen molar-refractivity contribution < 1.29 is 0 Å². The van der Waals surface area contributed by atoms with Gasteiger partial charge in [0, 0.05) is 24.7 Å². The van der Waals surface area contributed by atoms with E-state index in [4.69, 9.17) is 5.73 Å². The molecule has 3 heterocycles. The van der Waals surface area contributed by atoms with Crippen LogP contribution in [-0.4, -0.2) is 24.7 Å². The lowest BCUT2D eigenvalue weighted by molar-refractivity contribution is 0.591. The van der Waals surface area contributed by atoms with Gasteiger partial charge in [-0.15, -0.1) is 10.2 Å². The van der Waals surface area contributed by atoms with Crippen molar-refractivity contribution in [3.8, 4) is 0 Å². The van der Waals surface area contributed by atoms with Crippen molar-refractivity contribution in [1.82, 2.24) is 24.7 Å². The summed E-state index contributed by atoms with van der Waals surface area (Å²) in [5.74, 6) is 3.05. The predicted octanol–water partition coefficient (Wildman–Crippen LogP) is 1.98. The van der Waals surface area contributed by atoms with Gasteiger partial charge < -0.3 is 10.3 Å². The number of anilines is 1. The first-order valence-electron chi connectivity index (χ1n) is 6.87. The largest absolute Gasteiger partial charge is 0.384 e. The van der Waals surface area contributed by atoms with Crippen LogP contribution in [0.1, 0.15) is 36.6 Å². The molecular formula is C13H18N6S. The van der Waals surface area contributed by atoms with E-state index in [1.54, 1.807) is 17.8 Å². The van der Waals surface area contributed by atoms with Gasteiger partial charge in [0.2, 0.25) is 0 Å². The fourth-order valence-electron chi connectivity index (χ4n) is 2.41. The summed E-state index contributed by atoms with van der Waals surface area (Å²) in [6.45, 7) is 2.94. The van der Waals surface area contributed by atoms with Crippen LogP contribution >= 0.6 is 11.8 Å². The summed E-state index contributed by atoms with van der Waals surface area (Å²) in [4.78, 5) is 8.65. The van der Waals surface area contributed by atoms with Crippen molar-refractivity contribution in [3.63, 3.8) is 0 Å². The van der Waals surface area contributed by atoms with E-state index < -0.39 is 0 Å². The number of aromatic nitrogens is 5. The van der Waals surface area contributed by atoms with Crippen LogP contribution in [-0.2, 0) is 18.7 Å². The van der Waals surface area contributed by atoms with Crippen molar-refractivity contribution in [2.24, 2.45) is 0 Å². The van der Waals surface area contributed by atoms with E-state index in [1.807, 2.05) is 6.92 Å². The Bertz CT molecular complexity index is 589. The van der Waals surface area contributed by atoms with Crippen molar-refractivity contribution in [1.29, 1.82) is 0 Å². The Hall–Kier alpha value is -1.63. The summed E-state index contributed by atoms with van der Waals surface area (Å²) in [6, 6.07) is 1.78. The van der Waals surface area contributed by atoms with Gasteiger partial charge in [0.25, 0.3) is 0 Å². The standard InChI is InChI=1S/C13H18N6S/c1-9-7-10(14)16-11(15-9)8-20-13-18-17-12-5-3-2-4-6-19(12)13/h7H,2-6,8H2,1H3,(H2,14,15,16). The molecule has 20 heavy (non-hydrogen) atoms. The molecule has 0 saturated carbocycles. The number of hydrogen-bond donors (Lipinski definition) is 1. The Kier molecular flexibility index (Phi) is 3.86. The minimum Gasteiger partial charge on any atom is -0.384 e. The molecule has 0 aliphatic carbocycles. The zero-order valence-electron chi connectivity index (χ0n) is 11.5. The molecule has 1 aliphatic heterocycles. The lowest BCUT2D eigenvalue weighted by atomic mass is 10.2. The molecule has 1 aliphatic rings. The topological polar surface area (TPSA) is 82.5 Å². The molecule has 6 nitrogen and oxygen atoms in total. The highest BCUT2D eigenvalue weighted by molar-refractivity contribution is 7.98. The van der Waals surface area contributed by atoms with E-state index in [2.05, 4.69) is 24.7 Å². The summed E-state index contributed by atoms with van der Waals surface area (Å²) in [6.07, 6.45) is 4.71. The van der Waals surface area contributed by atoms with Gasteiger partial charge in [-0.3, -0.25) is 0 Å². The molecule has 0 unspecified atom stereocenters. The maximum atomic E-state index is 5.75. The number of hydrogen-bond acceptors (Lipinski definition) is 6. The van der Waals surface area contributed by atoms with Crippen LogP contribution in [0.3, 0.4) is 0 Å². The molecule has 0 aromatic carbocycles. The first kappa shape index (κ1) is 13.4. The fraction of sp³-hybridized carbons (Fsp3) is 0.538. The highest BCUT2D eigenvalue weighted by atomic mass is 32.2. The fourth-order valence-corrected chi connectivity index (χ4v) is 3.25. The molecule has 0 saturated heterocycles. The number of aryl methyl sites for hydroxylation is 2. The summed E-state index contributed by atoms with van der Waals surface area (Å²) < 4.78 is 2.23. The Labute approximate surface area is 122 Å². The number of rotatable bonds is 3. The molecule has 3 rings (SSSR count). The smallest absolute Gasteiger partial charge is 0.191 e. The number of fused-ring (bicyclic) bond motifs is 1. The predicted molar refractivity (Wildman–Crippen MR) is 78.3 cm³/mol. The maximum Gasteiger partial charge on any atom is 0.191 e. The monoisotopic (exact) mass is 290 g/mol. The van der Waals surface area contributed by atoms with Gasteiger partial charge in [-0.05, 0) is 19.8 Å². The zero-order chi connectivity index (χ0) is 13.9. The third-order valence-corrected chi connectivity index (χ3v) is 4.29. The van der Waals surface area contributed by atoms with E-state index in [-0.39, 0.29) is 0 Å². The molecule has 0 fully saturated rings. The SMILES string of the molecule is Cc1cc(N)nc(CSc2nnc3n2CCCCC3)n1. The van der Waals surface area contributed by atoms with Crippen molar-refractivity contribution in [2.45, 2.75) is 50.1 Å². The van der Waals surface area contributed by atoms with Gasteiger partial charge in [-0.2, -0.15) is 0 Å². The molecule has 0 atom stereocenters. The Balaban J connectivity index is 1.73. The average Bonchev–Trinajstić information content (AvgIpc) is 2.63. The van der Waals surface area contributed by atoms with Crippen molar-refractivity contribution in [2.75, 3.05) is 5.73 Å². The van der Waals surface area contributed by atoms with Gasteiger partial charge in [0.15, 0.2) is 5.16 Å². The number of nitrogens with two attached hydrogens (primary N) is 1. The van der Waals surface area contributed by atoms with Crippen LogP contribution in [0.25, 0.3) is 0 Å². The third-order valence-electron chi connectivity index (χ3n) is 3.33. The Morgan fingerprint density at radius 3 is 3.00 bits per heavy atom. The molecule has 2 aromatic heterocycles. The molecule has 0 spiro atoms. The average molecular weight is 290 g/mol. The number of thioether (sulfide) groups is 1. The molecular weight excluding hydrogens is 272 g/mol. The van der Waals surface area contributed by atoms with Crippen molar-refractivity contribution >= 4 is 17.6 Å². The second kappa shape index (κ2) is 5.78. The molecule has 0 radical (unpaired) electrons. The van der Waals surface area contributed by atoms with Crippen molar-refractivity contribution in [3.05, 3.63) is 23.4 Å². The second-order valence-electron chi connectivity index (χ2n) is 5.00. The van der Waals surface area contributed by atoms with Crippen LogP contribution in [0.15, 0.2) is 11.2 Å². The summed E-state index contributed by atoms with van der Waals surface area (Å²) in [5.41, 5.74) is 6.64. The Morgan fingerprint density at radius 1 is 1.25 bits per heavy atom. The number of nitrogens with zero attached hydrogens (tertiary/aromatic N) is 5. The normalized spacial score (nSPS) is 14.8. The first-order valence-corrected chi connectivity index (χ1v) is 7.86. The first-order chi connectivity index (χ1) is 9.72. The lowest BCUT2D eigenvalue weighted by Gasteiger charge is -2.06. The van der Waals surface area contributed by atoms with Gasteiger partial charge in [0.05, 0.1) is 5.75 Å². The maximum absolute atomic E-state index is 5.75. The van der Waals surface area contributed by atoms with Gasteiger partial charge >= 0.3 is 0 Å². The molecule has 0 amide bonds. The number of nitrogen functional groups attached to an aromatic ring is 1. The van der Waals surface area contributed by atoms with Crippen LogP contribution in [0.4, 0.5) is 5.82 Å². The van der Waals surface area contributed by atoms with Gasteiger partial charge in [-0.25, -0.2) is 9.97 Å². The molecule has 2 N–H and O–H groups in total. The van der Waals surface area contributed by atoms with E-state index in [0.29, 0.717) is 11.6 Å². The van der Waals surface area contributed by atoms with Gasteiger partial charge in [-0.1, -0.05) is 18.2 Å². The summed E-state index contributed by atoms with van der Waals surface area (Å²) in [7, 11) is 0. The zero-order valence-corrected chi connectivity index (χ0v) is 12.4. The molecule has 7 heteroatoms. The molecule has 0 bridgehead atoms. The van der Waals surface area contributed by atoms with Gasteiger partial charge in [0.1, 0.15) is 17.5 Å². The van der Waals surface area contributed by atoms with E-state index >= 15 is 0 Å². The van der Waals surface area contributed by atoms with Crippen LogP contribution < -0.4 is 5.73 Å². The second-order valence-corrected chi connectivity index (χ2v) is 5.94. The third kappa shape index (κ3) is 2.92. The quantitative estimate of drug-likeness (QED) is 0.870. The highest BCUT2D eigenvalue weighted by Crippen LogP contribution is 2.24. The molecule has 106 valence electrons. The van der Waals surface area contributed by atoms with E-state index in [1.165, 1.54) is 19.3 Å². The van der Waals surface area contributed by atoms with Crippen LogP contribution in [0, 0.1) is 6.92 Å².